The highest BCUT2D eigenvalue weighted by Gasteiger charge is 2.44. The van der Waals surface area contributed by atoms with Crippen LogP contribution in [0.1, 0.15) is 44.7 Å². The van der Waals surface area contributed by atoms with Crippen molar-refractivity contribution in [2.75, 3.05) is 13.1 Å². The zero-order chi connectivity index (χ0) is 22.4. The third-order valence-corrected chi connectivity index (χ3v) is 8.08. The lowest BCUT2D eigenvalue weighted by Gasteiger charge is -2.36. The van der Waals surface area contributed by atoms with E-state index in [9.17, 15) is 13.2 Å². The van der Waals surface area contributed by atoms with Gasteiger partial charge in [-0.1, -0.05) is 56.6 Å². The van der Waals surface area contributed by atoms with Gasteiger partial charge in [-0.15, -0.1) is 0 Å². The van der Waals surface area contributed by atoms with Crippen LogP contribution in [0.15, 0.2) is 58.4 Å². The molecule has 0 atom stereocenters. The molecular weight excluding hydrogens is 434 g/mol. The second-order valence-electron chi connectivity index (χ2n) is 9.13. The first-order valence-corrected chi connectivity index (χ1v) is 12.1. The van der Waals surface area contributed by atoms with Gasteiger partial charge in [0.05, 0.1) is 4.90 Å². The van der Waals surface area contributed by atoms with E-state index in [-0.39, 0.29) is 29.3 Å². The van der Waals surface area contributed by atoms with E-state index in [0.29, 0.717) is 23.6 Å². The van der Waals surface area contributed by atoms with Crippen LogP contribution in [-0.2, 0) is 20.2 Å². The minimum atomic E-state index is -3.61. The van der Waals surface area contributed by atoms with Crippen molar-refractivity contribution in [1.82, 2.24) is 9.62 Å². The predicted octanol–water partition coefficient (Wildman–Crippen LogP) is 3.74. The van der Waals surface area contributed by atoms with Crippen LogP contribution in [0.4, 0.5) is 0 Å². The minimum Gasteiger partial charge on any atom is -0.326 e. The average molecular weight is 460 g/mol. The number of halogens is 1. The van der Waals surface area contributed by atoms with Crippen LogP contribution in [0.2, 0.25) is 5.02 Å². The maximum Gasteiger partial charge on any atom is 0.272 e. The topological polar surface area (TPSA) is 78.8 Å². The molecular formula is C23H26ClN3O3S. The number of carbonyl (C=O) groups is 1. The maximum absolute atomic E-state index is 12.9. The Kier molecular flexibility index (Phi) is 5.48. The van der Waals surface area contributed by atoms with E-state index in [1.807, 2.05) is 24.3 Å². The highest BCUT2D eigenvalue weighted by Crippen LogP contribution is 2.32. The molecule has 0 aliphatic carbocycles. The van der Waals surface area contributed by atoms with Crippen molar-refractivity contribution in [2.24, 2.45) is 4.99 Å². The van der Waals surface area contributed by atoms with Gasteiger partial charge in [0.15, 0.2) is 0 Å². The zero-order valence-corrected chi connectivity index (χ0v) is 19.4. The molecule has 0 radical (unpaired) electrons. The fourth-order valence-corrected chi connectivity index (χ4v) is 5.54. The number of carbonyl (C=O) groups excluding carboxylic acids is 1. The van der Waals surface area contributed by atoms with Gasteiger partial charge in [0.25, 0.3) is 5.91 Å². The first-order valence-electron chi connectivity index (χ1n) is 10.3. The summed E-state index contributed by atoms with van der Waals surface area (Å²) >= 11 is 5.87. The molecule has 2 aliphatic rings. The standard InChI is InChI=1S/C23H26ClN3O3S/c1-22(2,3)17-6-4-16(5-7-17)20-21(28)26-23(25-20)12-14-27(15-13-23)31(29,30)19-10-8-18(24)9-11-19/h4-11H,12-15H2,1-3H3,(H,26,28). The molecule has 1 fully saturated rings. The van der Waals surface area contributed by atoms with Crippen molar-refractivity contribution in [2.45, 2.75) is 49.6 Å². The van der Waals surface area contributed by atoms with Crippen LogP contribution >= 0.6 is 11.6 Å². The molecule has 164 valence electrons. The summed E-state index contributed by atoms with van der Waals surface area (Å²) < 4.78 is 27.3. The zero-order valence-electron chi connectivity index (χ0n) is 17.9. The minimum absolute atomic E-state index is 0.0297. The number of benzene rings is 2. The molecule has 2 aliphatic heterocycles. The predicted molar refractivity (Wildman–Crippen MR) is 122 cm³/mol. The molecule has 6 nitrogen and oxygen atoms in total. The molecule has 1 spiro atoms. The summed E-state index contributed by atoms with van der Waals surface area (Å²) in [7, 11) is -3.61. The van der Waals surface area contributed by atoms with Crippen LogP contribution < -0.4 is 5.32 Å². The molecule has 2 heterocycles. The van der Waals surface area contributed by atoms with Gasteiger partial charge in [0.1, 0.15) is 11.4 Å². The SMILES string of the molecule is CC(C)(C)c1ccc(C2=NC3(CCN(S(=O)(=O)c4ccc(Cl)cc4)CC3)NC2=O)cc1. The van der Waals surface area contributed by atoms with Crippen molar-refractivity contribution < 1.29 is 13.2 Å². The summed E-state index contributed by atoms with van der Waals surface area (Å²) in [5.41, 5.74) is 1.65. The Balaban J connectivity index is 1.51. The highest BCUT2D eigenvalue weighted by atomic mass is 35.5. The van der Waals surface area contributed by atoms with E-state index in [1.165, 1.54) is 22.0 Å². The lowest BCUT2D eigenvalue weighted by molar-refractivity contribution is -0.115. The molecule has 0 unspecified atom stereocenters. The molecule has 2 aromatic carbocycles. The Bertz CT molecular complexity index is 1130. The van der Waals surface area contributed by atoms with Crippen molar-refractivity contribution >= 4 is 33.2 Å². The number of amides is 1. The smallest absolute Gasteiger partial charge is 0.272 e. The van der Waals surface area contributed by atoms with Crippen LogP contribution in [0.5, 0.6) is 0 Å². The highest BCUT2D eigenvalue weighted by molar-refractivity contribution is 7.89. The van der Waals surface area contributed by atoms with E-state index < -0.39 is 15.7 Å². The van der Waals surface area contributed by atoms with Crippen molar-refractivity contribution in [3.63, 3.8) is 0 Å². The van der Waals surface area contributed by atoms with E-state index in [4.69, 9.17) is 16.6 Å². The molecule has 1 N–H and O–H groups in total. The number of hydrogen-bond donors (Lipinski definition) is 1. The number of piperidine rings is 1. The van der Waals surface area contributed by atoms with Crippen LogP contribution in [0.3, 0.4) is 0 Å². The molecule has 2 aromatic rings. The Morgan fingerprint density at radius 3 is 2.13 bits per heavy atom. The third kappa shape index (κ3) is 4.27. The number of nitrogens with one attached hydrogen (secondary N) is 1. The summed E-state index contributed by atoms with van der Waals surface area (Å²) in [6.07, 6.45) is 0.851. The molecule has 1 amide bonds. The van der Waals surface area contributed by atoms with E-state index in [2.05, 4.69) is 26.1 Å². The van der Waals surface area contributed by atoms with Crippen LogP contribution in [-0.4, -0.2) is 43.1 Å². The summed E-state index contributed by atoms with van der Waals surface area (Å²) in [5, 5.41) is 3.49. The fraction of sp³-hybridized carbons (Fsp3) is 0.391. The third-order valence-electron chi connectivity index (χ3n) is 5.91. The molecule has 1 saturated heterocycles. The number of aliphatic imine (C=N–C) groups is 1. The van der Waals surface area contributed by atoms with E-state index >= 15 is 0 Å². The quantitative estimate of drug-likeness (QED) is 0.759. The van der Waals surface area contributed by atoms with Gasteiger partial charge in [-0.05, 0) is 35.2 Å². The summed E-state index contributed by atoms with van der Waals surface area (Å²) in [6.45, 7) is 6.99. The summed E-state index contributed by atoms with van der Waals surface area (Å²) in [5.74, 6) is -0.211. The summed E-state index contributed by atoms with van der Waals surface area (Å²) in [6, 6.07) is 14.1. The van der Waals surface area contributed by atoms with E-state index in [1.54, 1.807) is 12.1 Å². The fourth-order valence-electron chi connectivity index (χ4n) is 3.98. The Labute approximate surface area is 188 Å². The van der Waals surface area contributed by atoms with Crippen molar-refractivity contribution in [3.05, 3.63) is 64.7 Å². The van der Waals surface area contributed by atoms with Gasteiger partial charge in [-0.25, -0.2) is 8.42 Å². The van der Waals surface area contributed by atoms with Crippen LogP contribution in [0.25, 0.3) is 0 Å². The monoisotopic (exact) mass is 459 g/mol. The van der Waals surface area contributed by atoms with Crippen LogP contribution in [0, 0.1) is 0 Å². The second kappa shape index (κ2) is 7.73. The first kappa shape index (κ1) is 22.0. The largest absolute Gasteiger partial charge is 0.326 e. The Morgan fingerprint density at radius 2 is 1.58 bits per heavy atom. The number of sulfonamides is 1. The van der Waals surface area contributed by atoms with Gasteiger partial charge in [-0.3, -0.25) is 9.79 Å². The van der Waals surface area contributed by atoms with Gasteiger partial charge < -0.3 is 5.32 Å². The average Bonchev–Trinajstić information content (AvgIpc) is 3.04. The maximum atomic E-state index is 12.9. The van der Waals surface area contributed by atoms with Gasteiger partial charge >= 0.3 is 0 Å². The Hall–Kier alpha value is -2.22. The molecule has 4 rings (SSSR count). The number of rotatable bonds is 3. The van der Waals surface area contributed by atoms with Crippen molar-refractivity contribution in [1.29, 1.82) is 0 Å². The molecule has 31 heavy (non-hydrogen) atoms. The normalized spacial score (nSPS) is 19.4. The number of hydrogen-bond acceptors (Lipinski definition) is 4. The van der Waals surface area contributed by atoms with Gasteiger partial charge in [-0.2, -0.15) is 4.31 Å². The van der Waals surface area contributed by atoms with E-state index in [0.717, 1.165) is 5.56 Å². The Morgan fingerprint density at radius 1 is 1.00 bits per heavy atom. The second-order valence-corrected chi connectivity index (χ2v) is 11.5. The van der Waals surface area contributed by atoms with Crippen molar-refractivity contribution in [3.8, 4) is 0 Å². The molecule has 0 bridgehead atoms. The number of nitrogens with zero attached hydrogens (tertiary/aromatic N) is 2. The summed E-state index contributed by atoms with van der Waals surface area (Å²) in [4.78, 5) is 17.6. The van der Waals surface area contributed by atoms with Gasteiger partial charge in [0, 0.05) is 36.5 Å². The first-order chi connectivity index (χ1) is 14.5. The molecule has 8 heteroatoms. The lowest BCUT2D eigenvalue weighted by atomic mass is 9.86. The molecule has 0 aromatic heterocycles. The lowest BCUT2D eigenvalue weighted by Crippen LogP contribution is -2.52. The molecule has 0 saturated carbocycles. The van der Waals surface area contributed by atoms with Gasteiger partial charge in [0.2, 0.25) is 10.0 Å².